The van der Waals surface area contributed by atoms with Gasteiger partial charge in [0.05, 0.1) is 5.94 Å². The van der Waals surface area contributed by atoms with Gasteiger partial charge in [-0.25, -0.2) is 0 Å². The molecule has 0 N–H and O–H groups in total. The molecule has 0 radical (unpaired) electrons. The highest BCUT2D eigenvalue weighted by molar-refractivity contribution is 7.80. The second-order valence-electron chi connectivity index (χ2n) is 0.740. The highest BCUT2D eigenvalue weighted by atomic mass is 32.1. The molecule has 38 valence electrons. The molecule has 6 heavy (non-hydrogen) atoms. The second-order valence-corrected chi connectivity index (χ2v) is 3.95. The Bertz CT molecular complexity index is 23.5. The summed E-state index contributed by atoms with van der Waals surface area (Å²) < 4.78 is 9.59. The molecule has 0 saturated carbocycles. The highest BCUT2D eigenvalue weighted by Gasteiger charge is 1.74. The minimum Gasteiger partial charge on any atom is -0.449 e. The molecule has 0 fully saturated rings. The fourth-order valence-electron chi connectivity index (χ4n) is 0.121. The summed E-state index contributed by atoms with van der Waals surface area (Å²) in [4.78, 5) is 0. The summed E-state index contributed by atoms with van der Waals surface area (Å²) in [5.41, 5.74) is 0. The van der Waals surface area contributed by atoms with Crippen LogP contribution in [0.1, 0.15) is 0 Å². The van der Waals surface area contributed by atoms with Crippen LogP contribution >= 0.6 is 12.6 Å². The van der Waals surface area contributed by atoms with Gasteiger partial charge in [-0.15, -0.1) is 0 Å². The first-order chi connectivity index (χ1) is 2.91. The summed E-state index contributed by atoms with van der Waals surface area (Å²) in [6.45, 7) is 0. The molecule has 0 aromatic rings. The van der Waals surface area contributed by atoms with Crippen molar-refractivity contribution in [2.24, 2.45) is 0 Å². The van der Waals surface area contributed by atoms with E-state index in [1.54, 1.807) is 0 Å². The van der Waals surface area contributed by atoms with Crippen LogP contribution in [-0.2, 0) is 8.54 Å². The average Bonchev–Trinajstić information content (AvgIpc) is 1.61. The monoisotopic (exact) mass is 140 g/mol. The molecule has 0 aliphatic heterocycles. The fourth-order valence-corrected chi connectivity index (χ4v) is 1.09. The number of hydrogen-bond donors (Lipinski definition) is 1. The SMILES string of the molecule is [SiH3]O[SiH2]OCS. The highest BCUT2D eigenvalue weighted by Crippen LogP contribution is 1.71. The summed E-state index contributed by atoms with van der Waals surface area (Å²) in [5, 5.41) is 0. The van der Waals surface area contributed by atoms with Crippen LogP contribution in [0.15, 0.2) is 0 Å². The van der Waals surface area contributed by atoms with Crippen LogP contribution in [0, 0.1) is 0 Å². The van der Waals surface area contributed by atoms with Crippen molar-refractivity contribution in [1.82, 2.24) is 0 Å². The van der Waals surface area contributed by atoms with E-state index in [0.717, 1.165) is 10.5 Å². The molecule has 0 bridgehead atoms. The second kappa shape index (κ2) is 5.70. The van der Waals surface area contributed by atoms with Gasteiger partial charge in [0.15, 0.2) is 0 Å². The van der Waals surface area contributed by atoms with Gasteiger partial charge in [-0.2, -0.15) is 12.6 Å². The minimum absolute atomic E-state index is 0.508. The molecule has 0 atom stereocenters. The Balaban J connectivity index is 2.34. The minimum atomic E-state index is -0.593. The predicted octanol–water partition coefficient (Wildman–Crippen LogP) is -1.81. The maximum Gasteiger partial charge on any atom is 0.294 e. The van der Waals surface area contributed by atoms with Crippen molar-refractivity contribution in [2.45, 2.75) is 0 Å². The van der Waals surface area contributed by atoms with Crippen LogP contribution in [0.2, 0.25) is 0 Å². The van der Waals surface area contributed by atoms with Gasteiger partial charge in [0, 0.05) is 0 Å². The summed E-state index contributed by atoms with van der Waals surface area (Å²) in [5.74, 6) is 0.508. The summed E-state index contributed by atoms with van der Waals surface area (Å²) in [6, 6.07) is 0. The predicted molar refractivity (Wildman–Crippen MR) is 34.5 cm³/mol. The lowest BCUT2D eigenvalue weighted by Crippen LogP contribution is -1.98. The van der Waals surface area contributed by atoms with Crippen molar-refractivity contribution in [2.75, 3.05) is 5.94 Å². The molecule has 0 heterocycles. The Morgan fingerprint density at radius 2 is 2.50 bits per heavy atom. The third kappa shape index (κ3) is 4.70. The van der Waals surface area contributed by atoms with Gasteiger partial charge in [0.2, 0.25) is 0 Å². The van der Waals surface area contributed by atoms with Crippen LogP contribution in [0.5, 0.6) is 0 Å². The number of hydrogen-bond acceptors (Lipinski definition) is 3. The summed E-state index contributed by atoms with van der Waals surface area (Å²) in [6.07, 6.45) is 0. The lowest BCUT2D eigenvalue weighted by molar-refractivity contribution is 0.360. The first-order valence-electron chi connectivity index (χ1n) is 1.59. The number of thiol groups is 1. The van der Waals surface area contributed by atoms with Gasteiger partial charge >= 0.3 is 0 Å². The summed E-state index contributed by atoms with van der Waals surface area (Å²) in [7, 11) is 0.213. The van der Waals surface area contributed by atoms with Crippen molar-refractivity contribution in [3.05, 3.63) is 0 Å². The molecule has 0 aromatic heterocycles. The van der Waals surface area contributed by atoms with E-state index >= 15 is 0 Å². The topological polar surface area (TPSA) is 18.5 Å². The van der Waals surface area contributed by atoms with E-state index in [-0.39, 0.29) is 0 Å². The van der Waals surface area contributed by atoms with E-state index in [4.69, 9.17) is 8.54 Å². The molecule has 0 saturated heterocycles. The van der Waals surface area contributed by atoms with Crippen molar-refractivity contribution >= 4 is 33.1 Å². The Hall–Kier alpha value is 0.704. The van der Waals surface area contributed by atoms with Crippen LogP contribution in [0.25, 0.3) is 0 Å². The molecule has 0 spiro atoms. The zero-order chi connectivity index (χ0) is 4.83. The van der Waals surface area contributed by atoms with E-state index in [0.29, 0.717) is 5.94 Å². The maximum atomic E-state index is 4.80. The van der Waals surface area contributed by atoms with Gasteiger partial charge in [0.25, 0.3) is 10.0 Å². The normalized spacial score (nSPS) is 11.5. The lowest BCUT2D eigenvalue weighted by Gasteiger charge is -1.92. The molecule has 0 unspecified atom stereocenters. The molecule has 5 heteroatoms. The van der Waals surface area contributed by atoms with Gasteiger partial charge in [0.1, 0.15) is 10.5 Å². The van der Waals surface area contributed by atoms with E-state index in [1.807, 2.05) is 0 Å². The number of rotatable bonds is 3. The largest absolute Gasteiger partial charge is 0.449 e. The fraction of sp³-hybridized carbons (Fsp3) is 1.00. The Morgan fingerprint density at radius 3 is 2.67 bits per heavy atom. The third-order valence-electron chi connectivity index (χ3n) is 0.292. The molecular weight excluding hydrogens is 132 g/mol. The molecule has 0 aromatic carbocycles. The van der Waals surface area contributed by atoms with Crippen LogP contribution in [0.4, 0.5) is 0 Å². The van der Waals surface area contributed by atoms with Gasteiger partial charge in [-0.05, 0) is 0 Å². The zero-order valence-corrected chi connectivity index (χ0v) is 7.99. The average molecular weight is 140 g/mol. The van der Waals surface area contributed by atoms with E-state index in [2.05, 4.69) is 12.6 Å². The van der Waals surface area contributed by atoms with E-state index in [1.165, 1.54) is 0 Å². The zero-order valence-electron chi connectivity index (χ0n) is 3.68. The lowest BCUT2D eigenvalue weighted by atomic mass is 11.7. The van der Waals surface area contributed by atoms with Gasteiger partial charge in [-0.1, -0.05) is 0 Å². The Morgan fingerprint density at radius 1 is 1.83 bits per heavy atom. The van der Waals surface area contributed by atoms with Gasteiger partial charge in [-0.3, -0.25) is 0 Å². The Kier molecular flexibility index (Phi) is 6.37. The standard InChI is InChI=1S/CH8O2SSi2/c4-1-2-6-3-5/h4H,1,6H2,5H3. The molecule has 0 amide bonds. The molecule has 0 rings (SSSR count). The van der Waals surface area contributed by atoms with Crippen molar-refractivity contribution in [3.8, 4) is 0 Å². The first kappa shape index (κ1) is 6.70. The smallest absolute Gasteiger partial charge is 0.294 e. The molecule has 2 nitrogen and oxygen atoms in total. The van der Waals surface area contributed by atoms with Gasteiger partial charge < -0.3 is 8.54 Å². The van der Waals surface area contributed by atoms with Crippen molar-refractivity contribution in [3.63, 3.8) is 0 Å². The molecule has 0 aliphatic rings. The van der Waals surface area contributed by atoms with Crippen LogP contribution < -0.4 is 0 Å². The van der Waals surface area contributed by atoms with Crippen LogP contribution in [0.3, 0.4) is 0 Å². The maximum absolute atomic E-state index is 4.80. The van der Waals surface area contributed by atoms with Crippen molar-refractivity contribution in [1.29, 1.82) is 0 Å². The summed E-state index contributed by atoms with van der Waals surface area (Å²) >= 11 is 3.80. The molecule has 0 aliphatic carbocycles. The van der Waals surface area contributed by atoms with E-state index in [9.17, 15) is 0 Å². The quantitative estimate of drug-likeness (QED) is 0.215. The Labute approximate surface area is 48.2 Å². The van der Waals surface area contributed by atoms with E-state index < -0.39 is 10.0 Å². The van der Waals surface area contributed by atoms with Crippen molar-refractivity contribution < 1.29 is 8.54 Å². The third-order valence-corrected chi connectivity index (χ3v) is 2.13. The van der Waals surface area contributed by atoms with Crippen LogP contribution in [-0.4, -0.2) is 26.4 Å². The molecular formula is CH8O2SSi2. The first-order valence-corrected chi connectivity index (χ1v) is 4.19.